The molecular weight excluding hydrogens is 250 g/mol. The zero-order valence-corrected chi connectivity index (χ0v) is 12.5. The molecule has 1 aromatic rings. The quantitative estimate of drug-likeness (QED) is 0.641. The zero-order valence-electron chi connectivity index (χ0n) is 11.6. The first-order chi connectivity index (χ1) is 8.04. The Labute approximate surface area is 110 Å². The van der Waals surface area contributed by atoms with E-state index in [2.05, 4.69) is 45.9 Å². The van der Waals surface area contributed by atoms with Gasteiger partial charge in [0.1, 0.15) is 0 Å². The zero-order chi connectivity index (χ0) is 14.5. The SMILES string of the molecule is CC(C)c1cccc(C(C)C)c1N.CS(=O)(=O)O. The standard InChI is InChI=1S/C12H19N.CH4O3S/c1-8(2)10-6-5-7-11(9(3)4)12(10)13;1-5(2,3)4/h5-9H,13H2,1-4H3;1H3,(H,2,3,4). The molecule has 0 saturated carbocycles. The minimum atomic E-state index is -3.67. The average Bonchev–Trinajstić information content (AvgIpc) is 2.14. The summed E-state index contributed by atoms with van der Waals surface area (Å²) in [6, 6.07) is 6.33. The Kier molecular flexibility index (Phi) is 6.35. The summed E-state index contributed by atoms with van der Waals surface area (Å²) >= 11 is 0. The van der Waals surface area contributed by atoms with Crippen molar-refractivity contribution in [3.05, 3.63) is 29.3 Å². The fourth-order valence-electron chi connectivity index (χ4n) is 1.61. The Morgan fingerprint density at radius 3 is 1.56 bits per heavy atom. The molecule has 18 heavy (non-hydrogen) atoms. The van der Waals surface area contributed by atoms with E-state index in [0.717, 1.165) is 5.69 Å². The van der Waals surface area contributed by atoms with E-state index in [4.69, 9.17) is 10.3 Å². The van der Waals surface area contributed by atoms with Crippen LogP contribution in [-0.2, 0) is 10.1 Å². The van der Waals surface area contributed by atoms with Crippen molar-refractivity contribution >= 4 is 15.8 Å². The van der Waals surface area contributed by atoms with E-state index in [-0.39, 0.29) is 0 Å². The lowest BCUT2D eigenvalue weighted by Crippen LogP contribution is -2.02. The van der Waals surface area contributed by atoms with Crippen molar-refractivity contribution in [3.63, 3.8) is 0 Å². The number of nitrogen functional groups attached to an aromatic ring is 1. The molecule has 0 unspecified atom stereocenters. The van der Waals surface area contributed by atoms with Gasteiger partial charge in [-0.1, -0.05) is 45.9 Å². The molecule has 1 rings (SSSR count). The molecule has 5 heteroatoms. The normalized spacial score (nSPS) is 11.3. The van der Waals surface area contributed by atoms with Gasteiger partial charge in [-0.25, -0.2) is 0 Å². The van der Waals surface area contributed by atoms with Crippen LogP contribution in [0, 0.1) is 0 Å². The van der Waals surface area contributed by atoms with E-state index in [0.29, 0.717) is 18.1 Å². The number of nitrogens with two attached hydrogens (primary N) is 1. The molecule has 3 N–H and O–H groups in total. The lowest BCUT2D eigenvalue weighted by Gasteiger charge is -2.15. The molecule has 0 saturated heterocycles. The third-order valence-electron chi connectivity index (χ3n) is 2.42. The smallest absolute Gasteiger partial charge is 0.261 e. The molecule has 0 amide bonds. The first-order valence-electron chi connectivity index (χ1n) is 5.84. The molecule has 0 atom stereocenters. The van der Waals surface area contributed by atoms with E-state index < -0.39 is 10.1 Å². The van der Waals surface area contributed by atoms with Crippen LogP contribution in [0.3, 0.4) is 0 Å². The predicted octanol–water partition coefficient (Wildman–Crippen LogP) is 3.02. The van der Waals surface area contributed by atoms with E-state index in [1.807, 2.05) is 0 Å². The molecule has 104 valence electrons. The second kappa shape index (κ2) is 6.75. The molecule has 0 aliphatic heterocycles. The summed E-state index contributed by atoms with van der Waals surface area (Å²) in [7, 11) is -3.67. The summed E-state index contributed by atoms with van der Waals surface area (Å²) in [6.45, 7) is 8.71. The average molecular weight is 273 g/mol. The fraction of sp³-hybridized carbons (Fsp3) is 0.538. The van der Waals surface area contributed by atoms with Crippen molar-refractivity contribution in [2.24, 2.45) is 0 Å². The van der Waals surface area contributed by atoms with E-state index in [1.165, 1.54) is 11.1 Å². The van der Waals surface area contributed by atoms with Crippen LogP contribution in [0.25, 0.3) is 0 Å². The topological polar surface area (TPSA) is 80.4 Å². The number of rotatable bonds is 2. The summed E-state index contributed by atoms with van der Waals surface area (Å²) in [4.78, 5) is 0. The predicted molar refractivity (Wildman–Crippen MR) is 76.5 cm³/mol. The summed E-state index contributed by atoms with van der Waals surface area (Å²) in [5.74, 6) is 1.03. The van der Waals surface area contributed by atoms with Gasteiger partial charge in [0.15, 0.2) is 0 Å². The van der Waals surface area contributed by atoms with Gasteiger partial charge < -0.3 is 5.73 Å². The molecule has 0 bridgehead atoms. The van der Waals surface area contributed by atoms with Crippen LogP contribution in [-0.4, -0.2) is 19.2 Å². The van der Waals surface area contributed by atoms with Gasteiger partial charge in [0.05, 0.1) is 6.26 Å². The van der Waals surface area contributed by atoms with Crippen LogP contribution in [0.4, 0.5) is 5.69 Å². The maximum Gasteiger partial charge on any atom is 0.261 e. The Morgan fingerprint density at radius 2 is 1.33 bits per heavy atom. The summed E-state index contributed by atoms with van der Waals surface area (Å²) in [5, 5.41) is 0. The van der Waals surface area contributed by atoms with Gasteiger partial charge in [0, 0.05) is 5.69 Å². The highest BCUT2D eigenvalue weighted by Crippen LogP contribution is 2.29. The number of para-hydroxylation sites is 1. The molecule has 1 aromatic carbocycles. The molecule has 4 nitrogen and oxygen atoms in total. The van der Waals surface area contributed by atoms with Crippen LogP contribution < -0.4 is 5.73 Å². The van der Waals surface area contributed by atoms with Crippen molar-refractivity contribution in [2.45, 2.75) is 39.5 Å². The van der Waals surface area contributed by atoms with Gasteiger partial charge in [-0.3, -0.25) is 4.55 Å². The maximum absolute atomic E-state index is 9.19. The minimum Gasteiger partial charge on any atom is -0.398 e. The molecule has 0 heterocycles. The van der Waals surface area contributed by atoms with Gasteiger partial charge in [-0.15, -0.1) is 0 Å². The second-order valence-electron chi connectivity index (χ2n) is 4.89. The van der Waals surface area contributed by atoms with Gasteiger partial charge in [-0.2, -0.15) is 8.42 Å². The van der Waals surface area contributed by atoms with E-state index in [9.17, 15) is 8.42 Å². The van der Waals surface area contributed by atoms with Crippen molar-refractivity contribution in [1.82, 2.24) is 0 Å². The monoisotopic (exact) mass is 273 g/mol. The lowest BCUT2D eigenvalue weighted by atomic mass is 9.93. The van der Waals surface area contributed by atoms with Crippen LogP contribution >= 0.6 is 0 Å². The Morgan fingerprint density at radius 1 is 1.06 bits per heavy atom. The highest BCUT2D eigenvalue weighted by molar-refractivity contribution is 7.85. The highest BCUT2D eigenvalue weighted by Gasteiger charge is 2.09. The minimum absolute atomic E-state index is 0.513. The third-order valence-corrected chi connectivity index (χ3v) is 2.42. The number of benzene rings is 1. The summed E-state index contributed by atoms with van der Waals surface area (Å²) in [6.07, 6.45) is 0.715. The van der Waals surface area contributed by atoms with E-state index in [1.54, 1.807) is 0 Å². The molecular formula is C13H23NO3S. The van der Waals surface area contributed by atoms with Gasteiger partial charge in [-0.05, 0) is 23.0 Å². The highest BCUT2D eigenvalue weighted by atomic mass is 32.2. The van der Waals surface area contributed by atoms with Gasteiger partial charge >= 0.3 is 0 Å². The van der Waals surface area contributed by atoms with Gasteiger partial charge in [0.25, 0.3) is 10.1 Å². The fourth-order valence-corrected chi connectivity index (χ4v) is 1.61. The lowest BCUT2D eigenvalue weighted by molar-refractivity contribution is 0.490. The molecule has 0 radical (unpaired) electrons. The Bertz CT molecular complexity index is 445. The molecule has 0 aliphatic carbocycles. The second-order valence-corrected chi connectivity index (χ2v) is 6.36. The van der Waals surface area contributed by atoms with Crippen molar-refractivity contribution in [2.75, 3.05) is 12.0 Å². The molecule has 0 aromatic heterocycles. The summed E-state index contributed by atoms with van der Waals surface area (Å²) < 4.78 is 25.9. The summed E-state index contributed by atoms with van der Waals surface area (Å²) in [5.41, 5.74) is 9.60. The number of hydrogen-bond acceptors (Lipinski definition) is 3. The molecule has 0 fully saturated rings. The van der Waals surface area contributed by atoms with Crippen LogP contribution in [0.2, 0.25) is 0 Å². The maximum atomic E-state index is 9.19. The van der Waals surface area contributed by atoms with Crippen LogP contribution in [0.5, 0.6) is 0 Å². The number of hydrogen-bond donors (Lipinski definition) is 2. The first-order valence-corrected chi connectivity index (χ1v) is 7.69. The Balaban J connectivity index is 0.000000494. The third kappa shape index (κ3) is 6.61. The van der Waals surface area contributed by atoms with Gasteiger partial charge in [0.2, 0.25) is 0 Å². The van der Waals surface area contributed by atoms with E-state index >= 15 is 0 Å². The Hall–Kier alpha value is -1.07. The molecule has 0 spiro atoms. The van der Waals surface area contributed by atoms with Crippen molar-refractivity contribution in [3.8, 4) is 0 Å². The van der Waals surface area contributed by atoms with Crippen LogP contribution in [0.1, 0.15) is 50.7 Å². The molecule has 0 aliphatic rings. The largest absolute Gasteiger partial charge is 0.398 e. The first kappa shape index (κ1) is 16.9. The van der Waals surface area contributed by atoms with Crippen molar-refractivity contribution in [1.29, 1.82) is 0 Å². The van der Waals surface area contributed by atoms with Crippen LogP contribution in [0.15, 0.2) is 18.2 Å². The van der Waals surface area contributed by atoms with Crippen molar-refractivity contribution < 1.29 is 13.0 Å². The number of anilines is 1.